The molecule has 0 aliphatic heterocycles. The van der Waals surface area contributed by atoms with Crippen LogP contribution in [0.4, 0.5) is 0 Å². The molecule has 2 aromatic rings. The van der Waals surface area contributed by atoms with E-state index in [-0.39, 0.29) is 12.1 Å². The molecule has 0 aromatic heterocycles. The van der Waals surface area contributed by atoms with Crippen molar-refractivity contribution in [2.45, 2.75) is 32.4 Å². The minimum Gasteiger partial charge on any atom is -0.486 e. The molecule has 2 nitrogen and oxygen atoms in total. The van der Waals surface area contributed by atoms with E-state index in [0.717, 1.165) is 17.7 Å². The molecular weight excluding hydrogens is 234 g/mol. The van der Waals surface area contributed by atoms with Gasteiger partial charge in [0.25, 0.3) is 0 Å². The van der Waals surface area contributed by atoms with Crippen LogP contribution in [0, 0.1) is 0 Å². The second kappa shape index (κ2) is 6.39. The number of hydrogen-bond donors (Lipinski definition) is 1. The highest BCUT2D eigenvalue weighted by molar-refractivity contribution is 5.36. The number of ether oxygens (including phenoxy) is 1. The average Bonchev–Trinajstić information content (AvgIpc) is 2.48. The van der Waals surface area contributed by atoms with Gasteiger partial charge in [0.1, 0.15) is 11.9 Å². The van der Waals surface area contributed by atoms with E-state index < -0.39 is 0 Å². The van der Waals surface area contributed by atoms with Gasteiger partial charge in [-0.1, -0.05) is 55.5 Å². The zero-order valence-corrected chi connectivity index (χ0v) is 11.5. The molecule has 0 radical (unpaired) electrons. The molecular formula is C17H21NO. The van der Waals surface area contributed by atoms with Gasteiger partial charge in [-0.15, -0.1) is 0 Å². The lowest BCUT2D eigenvalue weighted by atomic mass is 10.0. The fourth-order valence-electron chi connectivity index (χ4n) is 2.10. The Morgan fingerprint density at radius 3 is 2.32 bits per heavy atom. The molecule has 0 saturated heterocycles. The van der Waals surface area contributed by atoms with Crippen molar-refractivity contribution < 1.29 is 4.74 Å². The molecule has 1 unspecified atom stereocenters. The first-order chi connectivity index (χ1) is 9.22. The maximum Gasteiger partial charge on any atom is 0.124 e. The summed E-state index contributed by atoms with van der Waals surface area (Å²) < 4.78 is 6.07. The van der Waals surface area contributed by atoms with Gasteiger partial charge in [0.15, 0.2) is 0 Å². The highest BCUT2D eigenvalue weighted by atomic mass is 16.5. The Morgan fingerprint density at radius 1 is 1.00 bits per heavy atom. The van der Waals surface area contributed by atoms with Crippen LogP contribution in [0.15, 0.2) is 54.6 Å². The SMILES string of the molecule is CC[C@@H](N)c1ccccc1OC(C)c1ccccc1. The van der Waals surface area contributed by atoms with Crippen LogP contribution < -0.4 is 10.5 Å². The summed E-state index contributed by atoms with van der Waals surface area (Å²) in [6.45, 7) is 4.14. The maximum atomic E-state index is 6.13. The van der Waals surface area contributed by atoms with Gasteiger partial charge in [-0.05, 0) is 25.0 Å². The summed E-state index contributed by atoms with van der Waals surface area (Å²) in [6, 6.07) is 18.3. The van der Waals surface area contributed by atoms with Crippen LogP contribution in [0.25, 0.3) is 0 Å². The normalized spacial score (nSPS) is 13.8. The second-order valence-electron chi connectivity index (χ2n) is 4.72. The van der Waals surface area contributed by atoms with Gasteiger partial charge in [-0.25, -0.2) is 0 Å². The summed E-state index contributed by atoms with van der Waals surface area (Å²) >= 11 is 0. The zero-order chi connectivity index (χ0) is 13.7. The summed E-state index contributed by atoms with van der Waals surface area (Å²) in [7, 11) is 0. The molecule has 19 heavy (non-hydrogen) atoms. The number of rotatable bonds is 5. The van der Waals surface area contributed by atoms with Crippen LogP contribution in [0.1, 0.15) is 43.5 Å². The second-order valence-corrected chi connectivity index (χ2v) is 4.72. The molecule has 0 amide bonds. The predicted molar refractivity (Wildman–Crippen MR) is 79.1 cm³/mol. The van der Waals surface area contributed by atoms with E-state index in [1.807, 2.05) is 42.5 Å². The number of para-hydroxylation sites is 1. The lowest BCUT2D eigenvalue weighted by molar-refractivity contribution is 0.223. The Hall–Kier alpha value is -1.80. The zero-order valence-electron chi connectivity index (χ0n) is 11.5. The van der Waals surface area contributed by atoms with Gasteiger partial charge in [-0.3, -0.25) is 0 Å². The van der Waals surface area contributed by atoms with Crippen LogP contribution in [-0.2, 0) is 0 Å². The Morgan fingerprint density at radius 2 is 1.63 bits per heavy atom. The van der Waals surface area contributed by atoms with Crippen molar-refractivity contribution in [3.8, 4) is 5.75 Å². The van der Waals surface area contributed by atoms with Crippen LogP contribution in [-0.4, -0.2) is 0 Å². The number of nitrogens with two attached hydrogens (primary N) is 1. The van der Waals surface area contributed by atoms with Crippen molar-refractivity contribution in [3.63, 3.8) is 0 Å². The van der Waals surface area contributed by atoms with Crippen LogP contribution >= 0.6 is 0 Å². The quantitative estimate of drug-likeness (QED) is 0.867. The largest absolute Gasteiger partial charge is 0.486 e. The Labute approximate surface area is 115 Å². The number of benzene rings is 2. The summed E-state index contributed by atoms with van der Waals surface area (Å²) in [4.78, 5) is 0. The van der Waals surface area contributed by atoms with Crippen molar-refractivity contribution in [1.29, 1.82) is 0 Å². The van der Waals surface area contributed by atoms with Crippen molar-refractivity contribution in [3.05, 3.63) is 65.7 Å². The van der Waals surface area contributed by atoms with Gasteiger partial charge in [0.05, 0.1) is 0 Å². The van der Waals surface area contributed by atoms with E-state index >= 15 is 0 Å². The topological polar surface area (TPSA) is 35.2 Å². The molecule has 2 aromatic carbocycles. The molecule has 2 heteroatoms. The minimum atomic E-state index is 0.0198. The van der Waals surface area contributed by atoms with Gasteiger partial charge >= 0.3 is 0 Å². The highest BCUT2D eigenvalue weighted by Crippen LogP contribution is 2.29. The Balaban J connectivity index is 2.19. The van der Waals surface area contributed by atoms with E-state index in [1.54, 1.807) is 0 Å². The Kier molecular flexibility index (Phi) is 4.58. The molecule has 0 fully saturated rings. The van der Waals surface area contributed by atoms with Gasteiger partial charge in [0, 0.05) is 11.6 Å². The molecule has 2 atom stereocenters. The number of hydrogen-bond acceptors (Lipinski definition) is 2. The first kappa shape index (κ1) is 13.6. The van der Waals surface area contributed by atoms with Gasteiger partial charge in [0.2, 0.25) is 0 Å². The third-order valence-electron chi connectivity index (χ3n) is 3.33. The van der Waals surface area contributed by atoms with Crippen LogP contribution in [0.2, 0.25) is 0 Å². The average molecular weight is 255 g/mol. The third-order valence-corrected chi connectivity index (χ3v) is 3.33. The van der Waals surface area contributed by atoms with Crippen molar-refractivity contribution >= 4 is 0 Å². The van der Waals surface area contributed by atoms with Crippen molar-refractivity contribution in [1.82, 2.24) is 0 Å². The lowest BCUT2D eigenvalue weighted by Crippen LogP contribution is -2.12. The molecule has 0 spiro atoms. The maximum absolute atomic E-state index is 6.13. The predicted octanol–water partition coefficient (Wildman–Crippen LogP) is 4.24. The van der Waals surface area contributed by atoms with E-state index in [4.69, 9.17) is 10.5 Å². The molecule has 0 aliphatic carbocycles. The van der Waals surface area contributed by atoms with Crippen molar-refractivity contribution in [2.75, 3.05) is 0 Å². The van der Waals surface area contributed by atoms with Crippen molar-refractivity contribution in [2.24, 2.45) is 5.73 Å². The first-order valence-corrected chi connectivity index (χ1v) is 6.78. The first-order valence-electron chi connectivity index (χ1n) is 6.78. The molecule has 0 heterocycles. The molecule has 100 valence electrons. The summed E-state index contributed by atoms with van der Waals surface area (Å²) in [5.74, 6) is 0.883. The van der Waals surface area contributed by atoms with E-state index in [0.29, 0.717) is 0 Å². The monoisotopic (exact) mass is 255 g/mol. The minimum absolute atomic E-state index is 0.0198. The summed E-state index contributed by atoms with van der Waals surface area (Å²) in [6.07, 6.45) is 0.923. The molecule has 0 aliphatic rings. The van der Waals surface area contributed by atoms with Gasteiger partial charge < -0.3 is 10.5 Å². The molecule has 2 N–H and O–H groups in total. The smallest absolute Gasteiger partial charge is 0.124 e. The third kappa shape index (κ3) is 3.36. The summed E-state index contributed by atoms with van der Waals surface area (Å²) in [5, 5.41) is 0. The Bertz CT molecular complexity index is 510. The standard InChI is InChI=1S/C17H21NO/c1-3-16(18)15-11-7-8-12-17(15)19-13(2)14-9-5-4-6-10-14/h4-13,16H,3,18H2,1-2H3/t13?,16-/m1/s1. The molecule has 0 bridgehead atoms. The highest BCUT2D eigenvalue weighted by Gasteiger charge is 2.13. The summed E-state index contributed by atoms with van der Waals surface area (Å²) in [5.41, 5.74) is 8.37. The lowest BCUT2D eigenvalue weighted by Gasteiger charge is -2.20. The van der Waals surface area contributed by atoms with Crippen LogP contribution in [0.3, 0.4) is 0 Å². The van der Waals surface area contributed by atoms with Gasteiger partial charge in [-0.2, -0.15) is 0 Å². The van der Waals surface area contributed by atoms with E-state index in [2.05, 4.69) is 26.0 Å². The van der Waals surface area contributed by atoms with E-state index in [9.17, 15) is 0 Å². The molecule has 2 rings (SSSR count). The van der Waals surface area contributed by atoms with E-state index in [1.165, 1.54) is 5.56 Å². The molecule has 0 saturated carbocycles. The fraction of sp³-hybridized carbons (Fsp3) is 0.294. The fourth-order valence-corrected chi connectivity index (χ4v) is 2.10. The van der Waals surface area contributed by atoms with Crippen LogP contribution in [0.5, 0.6) is 5.75 Å².